The van der Waals surface area contributed by atoms with Crippen molar-refractivity contribution in [3.63, 3.8) is 0 Å². The maximum Gasteiger partial charge on any atom is 0.309 e. The van der Waals surface area contributed by atoms with Crippen LogP contribution < -0.4 is 9.47 Å². The number of esters is 6. The largest absolute Gasteiger partial charge is 0.494 e. The Bertz CT molecular complexity index is 3310. The molecule has 654 valence electrons. The molecule has 3 aliphatic carbocycles. The van der Waals surface area contributed by atoms with Gasteiger partial charge in [-0.3, -0.25) is 28.8 Å². The molecule has 0 N–H and O–H groups in total. The Kier molecular flexibility index (Phi) is 61.8. The molecule has 3 fully saturated rings. The second-order valence-corrected chi connectivity index (χ2v) is 31.5. The highest BCUT2D eigenvalue weighted by molar-refractivity contribution is 6.30. The molecule has 3 saturated carbocycles. The Morgan fingerprint density at radius 2 is 0.534 bits per heavy atom. The molecule has 0 spiro atoms. The lowest BCUT2D eigenvalue weighted by atomic mass is 9.80. The van der Waals surface area contributed by atoms with Crippen LogP contribution in [0.5, 0.6) is 11.5 Å². The zero-order valence-electron chi connectivity index (χ0n) is 75.3. The Balaban J connectivity index is 0.000000670. The summed E-state index contributed by atoms with van der Waals surface area (Å²) in [4.78, 5) is 67.0. The molecule has 0 atom stereocenters. The summed E-state index contributed by atoms with van der Waals surface area (Å²) in [5, 5.41) is 0.801. The van der Waals surface area contributed by atoms with Gasteiger partial charge < -0.3 is 37.9 Å². The minimum Gasteiger partial charge on any atom is -0.494 e. The summed E-state index contributed by atoms with van der Waals surface area (Å²) in [5.41, 5.74) is 12.8. The van der Waals surface area contributed by atoms with Gasteiger partial charge in [0, 0.05) is 25.8 Å². The van der Waals surface area contributed by atoms with Crippen LogP contribution in [-0.4, -0.2) is 88.7 Å². The summed E-state index contributed by atoms with van der Waals surface area (Å²) in [6.07, 6.45) is 25.1. The van der Waals surface area contributed by atoms with Crippen LogP contribution in [0.4, 0.5) is 4.39 Å². The van der Waals surface area contributed by atoms with E-state index < -0.39 is 0 Å². The van der Waals surface area contributed by atoms with Crippen LogP contribution in [0.2, 0.25) is 5.02 Å². The Labute approximate surface area is 716 Å². The number of carbonyl (C=O) groups excluding carboxylic acids is 6. The molecule has 7 aromatic carbocycles. The smallest absolute Gasteiger partial charge is 0.309 e. The van der Waals surface area contributed by atoms with Gasteiger partial charge in [-0.05, 0) is 226 Å². The second kappa shape index (κ2) is 68.0. The fourth-order valence-corrected chi connectivity index (χ4v) is 12.7. The third-order valence-electron chi connectivity index (χ3n) is 19.8. The first-order valence-corrected chi connectivity index (χ1v) is 43.7. The predicted molar refractivity (Wildman–Crippen MR) is 482 cm³/mol. The lowest BCUT2D eigenvalue weighted by Gasteiger charge is -2.27. The topological polar surface area (TPSA) is 176 Å². The average molecular weight is 1650 g/mol. The summed E-state index contributed by atoms with van der Waals surface area (Å²) in [6.45, 7) is 38.0. The molecule has 0 saturated heterocycles. The number of carbonyl (C=O) groups is 6. The van der Waals surface area contributed by atoms with Gasteiger partial charge in [-0.15, -0.1) is 0 Å². The third kappa shape index (κ3) is 58.9. The van der Waals surface area contributed by atoms with Gasteiger partial charge in [-0.25, -0.2) is 4.39 Å². The van der Waals surface area contributed by atoms with Crippen molar-refractivity contribution in [1.29, 1.82) is 0 Å². The van der Waals surface area contributed by atoms with Crippen molar-refractivity contribution in [2.75, 3.05) is 52.9 Å². The lowest BCUT2D eigenvalue weighted by molar-refractivity contribution is -0.155. The molecule has 0 aliphatic heterocycles. The summed E-state index contributed by atoms with van der Waals surface area (Å²) in [6, 6.07) is 55.8. The molecular weight excluding hydrogens is 1500 g/mol. The number of ether oxygens (including phenoxy) is 8. The van der Waals surface area contributed by atoms with Gasteiger partial charge in [0.1, 0.15) is 57.0 Å². The molecule has 7 aromatic rings. The van der Waals surface area contributed by atoms with E-state index in [1.165, 1.54) is 141 Å². The van der Waals surface area contributed by atoms with E-state index in [0.29, 0.717) is 0 Å². The van der Waals surface area contributed by atoms with Crippen LogP contribution >= 0.6 is 11.6 Å². The maximum atomic E-state index is 12.1. The van der Waals surface area contributed by atoms with Crippen molar-refractivity contribution in [2.24, 2.45) is 35.5 Å². The second-order valence-electron chi connectivity index (χ2n) is 31.1. The molecule has 0 heterocycles. The Morgan fingerprint density at radius 1 is 0.288 bits per heavy atom. The summed E-state index contributed by atoms with van der Waals surface area (Å²) in [7, 11) is 0. The fourth-order valence-electron chi connectivity index (χ4n) is 12.6. The minimum absolute atomic E-state index is 0.0507. The number of hydrogen-bond donors (Lipinski definition) is 0. The van der Waals surface area contributed by atoms with E-state index in [-0.39, 0.29) is 99.0 Å². The standard InChI is InChI=1S/C16H28O4.C15H26O4.C14H24O4.C10H14O.C9H12O.3C8H10.C7H7Cl.C7H7F/c1-3-4-5-6-14-7-9-15(10-8-14)16(18)20-12-11-19-13(2)17;1-3-4-5-13-6-8-14(9-7-13)15(17)19-11-10-18-12(2)16;1-3-4-12-5-7-13(8-6-12)14(16)18-10-9-17-11(2)15;1-3-8-11-10-6-4-9(2)5-7-10;1-3-10-9-6-4-8(2)5-7-9;3*1-7-3-5-8(2)6-4-7;2*1-6-2-4-7(8)5-3-6/h14-15H,3-12H2,1-2H3;13-14H,3-11H2,1-2H3;12-13H,3-10H2,1-2H3;4-7H,3,8H2,1-2H3;4-7H,3H2,1-2H3;3*3-6H,1-2H3;2*2-5H,1H3. The quantitative estimate of drug-likeness (QED) is 0.0284. The van der Waals surface area contributed by atoms with Gasteiger partial charge in [-0.1, -0.05) is 274 Å². The third-order valence-corrected chi connectivity index (χ3v) is 20.1. The fraction of sp³-hybridized carbons (Fsp3) is 0.529. The van der Waals surface area contributed by atoms with Crippen LogP contribution in [0.25, 0.3) is 0 Å². The molecule has 3 aliphatic rings. The van der Waals surface area contributed by atoms with Gasteiger partial charge in [0.2, 0.25) is 0 Å². The first-order valence-electron chi connectivity index (χ1n) is 43.3. The van der Waals surface area contributed by atoms with Gasteiger partial charge >= 0.3 is 35.8 Å². The molecule has 10 rings (SSSR count). The lowest BCUT2D eigenvalue weighted by Crippen LogP contribution is -2.25. The van der Waals surface area contributed by atoms with E-state index >= 15 is 0 Å². The highest BCUT2D eigenvalue weighted by atomic mass is 35.5. The monoisotopic (exact) mass is 1650 g/mol. The molecule has 16 heteroatoms. The van der Waals surface area contributed by atoms with E-state index in [1.54, 1.807) is 12.1 Å². The summed E-state index contributed by atoms with van der Waals surface area (Å²) in [5.74, 6) is 2.90. The Morgan fingerprint density at radius 3 is 0.780 bits per heavy atom. The number of aryl methyl sites for hydroxylation is 10. The molecule has 0 bridgehead atoms. The summed E-state index contributed by atoms with van der Waals surface area (Å²) >= 11 is 5.61. The van der Waals surface area contributed by atoms with Crippen LogP contribution in [0.3, 0.4) is 0 Å². The van der Waals surface area contributed by atoms with Crippen molar-refractivity contribution in [2.45, 2.75) is 266 Å². The SMILES string of the molecule is CCCC1CCC(C(=O)OCCOC(C)=O)CC1.CCCCC1CCC(C(=O)OCCOC(C)=O)CC1.CCCCCC1CCC(C(=O)OCCOC(C)=O)CC1.CCCOc1ccc(C)cc1.CCOc1ccc(C)cc1.Cc1ccc(C)cc1.Cc1ccc(C)cc1.Cc1ccc(C)cc1.Cc1ccc(Cl)cc1.Cc1ccc(F)cc1. The van der Waals surface area contributed by atoms with Crippen LogP contribution in [-0.2, 0) is 57.2 Å². The van der Waals surface area contributed by atoms with Crippen molar-refractivity contribution in [3.8, 4) is 11.5 Å². The van der Waals surface area contributed by atoms with Crippen molar-refractivity contribution < 1.29 is 71.1 Å². The van der Waals surface area contributed by atoms with Crippen LogP contribution in [0.15, 0.2) is 170 Å². The molecular formula is C102H148ClFO14. The molecule has 0 aromatic heterocycles. The van der Waals surface area contributed by atoms with Crippen molar-refractivity contribution in [1.82, 2.24) is 0 Å². The molecule has 0 unspecified atom stereocenters. The van der Waals surface area contributed by atoms with Crippen molar-refractivity contribution >= 4 is 47.4 Å². The predicted octanol–water partition coefficient (Wildman–Crippen LogP) is 26.1. The minimum atomic E-state index is -0.342. The molecule has 0 radical (unpaired) electrons. The highest BCUT2D eigenvalue weighted by Gasteiger charge is 2.29. The zero-order valence-corrected chi connectivity index (χ0v) is 76.1. The number of halogens is 2. The van der Waals surface area contributed by atoms with Gasteiger partial charge in [-0.2, -0.15) is 0 Å². The number of hydrogen-bond acceptors (Lipinski definition) is 14. The van der Waals surface area contributed by atoms with Gasteiger partial charge in [0.15, 0.2) is 0 Å². The van der Waals surface area contributed by atoms with E-state index in [2.05, 4.69) is 168 Å². The Hall–Kier alpha value is -8.82. The maximum absolute atomic E-state index is 12.1. The molecule has 118 heavy (non-hydrogen) atoms. The normalized spacial score (nSPS) is 15.9. The van der Waals surface area contributed by atoms with Crippen molar-refractivity contribution in [3.05, 3.63) is 236 Å². The van der Waals surface area contributed by atoms with E-state index in [0.717, 1.165) is 137 Å². The van der Waals surface area contributed by atoms with Gasteiger partial charge in [0.25, 0.3) is 0 Å². The number of unbranched alkanes of at least 4 members (excludes halogenated alkanes) is 3. The number of rotatable bonds is 26. The van der Waals surface area contributed by atoms with Crippen LogP contribution in [0, 0.1) is 111 Å². The van der Waals surface area contributed by atoms with Gasteiger partial charge in [0.05, 0.1) is 31.0 Å². The van der Waals surface area contributed by atoms with E-state index in [4.69, 9.17) is 49.5 Å². The number of benzene rings is 7. The highest BCUT2D eigenvalue weighted by Crippen LogP contribution is 2.35. The van der Waals surface area contributed by atoms with E-state index in [1.807, 2.05) is 81.4 Å². The first-order chi connectivity index (χ1) is 56.5. The molecule has 14 nitrogen and oxygen atoms in total. The summed E-state index contributed by atoms with van der Waals surface area (Å²) < 4.78 is 52.3. The first kappa shape index (κ1) is 107. The average Bonchev–Trinajstić information content (AvgIpc) is 0.894. The zero-order chi connectivity index (χ0) is 87.7. The molecule has 0 amide bonds. The van der Waals surface area contributed by atoms with E-state index in [9.17, 15) is 33.2 Å². The van der Waals surface area contributed by atoms with Crippen LogP contribution in [0.1, 0.15) is 252 Å².